The lowest BCUT2D eigenvalue weighted by Crippen LogP contribution is -1.92. The van der Waals surface area contributed by atoms with E-state index in [0.29, 0.717) is 5.69 Å². The Hall–Kier alpha value is -1.79. The number of aryl methyl sites for hydroxylation is 1. The molecule has 0 aliphatic rings. The van der Waals surface area contributed by atoms with Crippen LogP contribution in [-0.4, -0.2) is 10.7 Å². The van der Waals surface area contributed by atoms with Gasteiger partial charge >= 0.3 is 0 Å². The molecule has 1 aromatic carbocycles. The second kappa shape index (κ2) is 6.40. The highest BCUT2D eigenvalue weighted by Gasteiger charge is 2.11. The summed E-state index contributed by atoms with van der Waals surface area (Å²) >= 11 is 1.71. The molecule has 0 N–H and O–H groups in total. The predicted molar refractivity (Wildman–Crippen MR) is 80.1 cm³/mol. The molecule has 2 nitrogen and oxygen atoms in total. The van der Waals surface area contributed by atoms with E-state index in [9.17, 15) is 5.26 Å². The zero-order valence-electron chi connectivity index (χ0n) is 11.2. The van der Waals surface area contributed by atoms with E-state index in [-0.39, 0.29) is 0 Å². The molecule has 2 aromatic rings. The van der Waals surface area contributed by atoms with Gasteiger partial charge in [-0.05, 0) is 36.3 Å². The van der Waals surface area contributed by atoms with Crippen LogP contribution >= 0.6 is 11.8 Å². The van der Waals surface area contributed by atoms with Gasteiger partial charge in [0.15, 0.2) is 5.69 Å². The Labute approximate surface area is 118 Å². The molecule has 0 aliphatic carbocycles. The first-order chi connectivity index (χ1) is 9.26. The largest absolute Gasteiger partial charge is 0.244 e. The van der Waals surface area contributed by atoms with Crippen molar-refractivity contribution >= 4 is 11.8 Å². The lowest BCUT2D eigenvalue weighted by Gasteiger charge is -2.10. The van der Waals surface area contributed by atoms with Gasteiger partial charge in [0.2, 0.25) is 0 Å². The topological polar surface area (TPSA) is 36.7 Å². The molecule has 0 spiro atoms. The van der Waals surface area contributed by atoms with Crippen LogP contribution in [0.4, 0.5) is 0 Å². The molecule has 2 rings (SSSR count). The first-order valence-electron chi connectivity index (χ1n) is 6.35. The van der Waals surface area contributed by atoms with Gasteiger partial charge in [0.1, 0.15) is 6.07 Å². The number of pyridine rings is 1. The summed E-state index contributed by atoms with van der Waals surface area (Å²) in [5.74, 6) is 0.999. The molecule has 0 bridgehead atoms. The normalized spacial score (nSPS) is 10.2. The van der Waals surface area contributed by atoms with Crippen LogP contribution in [0.15, 0.2) is 41.4 Å². The SMILES string of the molecule is CCCSc1c(-c2ccc(C)cc2)ccnc1C#N. The minimum absolute atomic E-state index is 0.525. The van der Waals surface area contributed by atoms with Crippen LogP contribution in [-0.2, 0) is 0 Å². The molecule has 96 valence electrons. The highest BCUT2D eigenvalue weighted by Crippen LogP contribution is 2.33. The average molecular weight is 268 g/mol. The summed E-state index contributed by atoms with van der Waals surface area (Å²) in [4.78, 5) is 5.17. The predicted octanol–water partition coefficient (Wildman–Crippen LogP) is 4.43. The van der Waals surface area contributed by atoms with Gasteiger partial charge in [-0.3, -0.25) is 0 Å². The van der Waals surface area contributed by atoms with Crippen LogP contribution in [0.25, 0.3) is 11.1 Å². The van der Waals surface area contributed by atoms with E-state index in [2.05, 4.69) is 49.2 Å². The summed E-state index contributed by atoms with van der Waals surface area (Å²) in [5.41, 5.74) is 4.01. The highest BCUT2D eigenvalue weighted by atomic mass is 32.2. The second-order valence-corrected chi connectivity index (χ2v) is 5.47. The fraction of sp³-hybridized carbons (Fsp3) is 0.250. The summed E-state index contributed by atoms with van der Waals surface area (Å²) in [7, 11) is 0. The van der Waals surface area contributed by atoms with Crippen molar-refractivity contribution in [2.45, 2.75) is 25.2 Å². The van der Waals surface area contributed by atoms with E-state index in [0.717, 1.165) is 28.2 Å². The summed E-state index contributed by atoms with van der Waals surface area (Å²) in [6, 6.07) is 12.6. The Morgan fingerprint density at radius 2 is 1.95 bits per heavy atom. The zero-order chi connectivity index (χ0) is 13.7. The second-order valence-electron chi connectivity index (χ2n) is 4.36. The molecule has 1 heterocycles. The van der Waals surface area contributed by atoms with Crippen LogP contribution in [0.2, 0.25) is 0 Å². The number of thioether (sulfide) groups is 1. The maximum Gasteiger partial charge on any atom is 0.154 e. The van der Waals surface area contributed by atoms with Gasteiger partial charge in [0.25, 0.3) is 0 Å². The summed E-state index contributed by atoms with van der Waals surface area (Å²) in [6.45, 7) is 4.21. The monoisotopic (exact) mass is 268 g/mol. The van der Waals surface area contributed by atoms with Crippen molar-refractivity contribution in [1.82, 2.24) is 4.98 Å². The number of nitrogens with zero attached hydrogens (tertiary/aromatic N) is 2. The van der Waals surface area contributed by atoms with Gasteiger partial charge in [-0.1, -0.05) is 36.8 Å². The van der Waals surface area contributed by atoms with E-state index >= 15 is 0 Å². The molecule has 0 aliphatic heterocycles. The molecule has 0 unspecified atom stereocenters. The third kappa shape index (κ3) is 3.15. The van der Waals surface area contributed by atoms with Crippen molar-refractivity contribution in [3.05, 3.63) is 47.8 Å². The molecule has 1 aromatic heterocycles. The lowest BCUT2D eigenvalue weighted by atomic mass is 10.0. The van der Waals surface area contributed by atoms with E-state index in [1.165, 1.54) is 5.56 Å². The first kappa shape index (κ1) is 13.6. The summed E-state index contributed by atoms with van der Waals surface area (Å²) < 4.78 is 0. The van der Waals surface area contributed by atoms with Crippen molar-refractivity contribution in [2.24, 2.45) is 0 Å². The number of rotatable bonds is 4. The van der Waals surface area contributed by atoms with Crippen molar-refractivity contribution in [3.63, 3.8) is 0 Å². The Balaban J connectivity index is 2.49. The smallest absolute Gasteiger partial charge is 0.154 e. The molecule has 3 heteroatoms. The minimum atomic E-state index is 0.525. The third-order valence-electron chi connectivity index (χ3n) is 2.82. The number of nitriles is 1. The molecular weight excluding hydrogens is 252 g/mol. The first-order valence-corrected chi connectivity index (χ1v) is 7.33. The fourth-order valence-electron chi connectivity index (χ4n) is 1.84. The van der Waals surface area contributed by atoms with Crippen molar-refractivity contribution in [3.8, 4) is 17.2 Å². The van der Waals surface area contributed by atoms with Crippen LogP contribution in [0.3, 0.4) is 0 Å². The number of aromatic nitrogens is 1. The summed E-state index contributed by atoms with van der Waals surface area (Å²) in [5, 5.41) is 9.21. The molecular formula is C16H16N2S. The molecule has 19 heavy (non-hydrogen) atoms. The Morgan fingerprint density at radius 3 is 2.58 bits per heavy atom. The van der Waals surface area contributed by atoms with Crippen molar-refractivity contribution in [1.29, 1.82) is 5.26 Å². The highest BCUT2D eigenvalue weighted by molar-refractivity contribution is 7.99. The minimum Gasteiger partial charge on any atom is -0.244 e. The van der Waals surface area contributed by atoms with Crippen LogP contribution in [0.5, 0.6) is 0 Å². The van der Waals surface area contributed by atoms with Gasteiger partial charge in [0.05, 0.1) is 4.90 Å². The number of hydrogen-bond acceptors (Lipinski definition) is 3. The molecule has 0 atom stereocenters. The van der Waals surface area contributed by atoms with Crippen LogP contribution in [0, 0.1) is 18.3 Å². The average Bonchev–Trinajstić information content (AvgIpc) is 2.45. The lowest BCUT2D eigenvalue weighted by molar-refractivity contribution is 1.10. The third-order valence-corrected chi connectivity index (χ3v) is 4.14. The van der Waals surface area contributed by atoms with Crippen LogP contribution < -0.4 is 0 Å². The maximum absolute atomic E-state index is 9.21. The molecule has 0 saturated carbocycles. The Morgan fingerprint density at radius 1 is 1.21 bits per heavy atom. The quantitative estimate of drug-likeness (QED) is 0.770. The Bertz CT molecular complexity index is 597. The molecule has 0 saturated heterocycles. The zero-order valence-corrected chi connectivity index (χ0v) is 12.0. The number of benzene rings is 1. The molecule has 0 fully saturated rings. The van der Waals surface area contributed by atoms with Crippen LogP contribution in [0.1, 0.15) is 24.6 Å². The maximum atomic E-state index is 9.21. The van der Waals surface area contributed by atoms with Gasteiger partial charge in [-0.2, -0.15) is 5.26 Å². The van der Waals surface area contributed by atoms with E-state index in [4.69, 9.17) is 0 Å². The van der Waals surface area contributed by atoms with E-state index in [1.807, 2.05) is 6.07 Å². The molecule has 0 radical (unpaired) electrons. The standard InChI is InChI=1S/C16H16N2S/c1-3-10-19-16-14(8-9-18-15(16)11-17)13-6-4-12(2)5-7-13/h4-9H,3,10H2,1-2H3. The van der Waals surface area contributed by atoms with Gasteiger partial charge < -0.3 is 0 Å². The van der Waals surface area contributed by atoms with Gasteiger partial charge in [-0.25, -0.2) is 4.98 Å². The fourth-order valence-corrected chi connectivity index (χ4v) is 2.82. The Kier molecular flexibility index (Phi) is 4.59. The van der Waals surface area contributed by atoms with E-state index < -0.39 is 0 Å². The van der Waals surface area contributed by atoms with E-state index in [1.54, 1.807) is 18.0 Å². The summed E-state index contributed by atoms with van der Waals surface area (Å²) in [6.07, 6.45) is 2.79. The van der Waals surface area contributed by atoms with Gasteiger partial charge in [-0.15, -0.1) is 11.8 Å². The molecule has 0 amide bonds. The van der Waals surface area contributed by atoms with Gasteiger partial charge in [0, 0.05) is 6.20 Å². The van der Waals surface area contributed by atoms with Crippen molar-refractivity contribution in [2.75, 3.05) is 5.75 Å². The van der Waals surface area contributed by atoms with Crippen molar-refractivity contribution < 1.29 is 0 Å². The number of hydrogen-bond donors (Lipinski definition) is 0.